The minimum atomic E-state index is -0.157. The number of rotatable bonds is 5. The van der Waals surface area contributed by atoms with E-state index in [0.717, 1.165) is 11.1 Å². The number of hydrogen-bond donors (Lipinski definition) is 0. The Bertz CT molecular complexity index is 667. The summed E-state index contributed by atoms with van der Waals surface area (Å²) in [4.78, 5) is 15.8. The molecule has 1 amide bonds. The van der Waals surface area contributed by atoms with Crippen LogP contribution in [0.4, 0.5) is 0 Å². The summed E-state index contributed by atoms with van der Waals surface area (Å²) in [6.07, 6.45) is 0. The molecule has 4 heteroatoms. The quantitative estimate of drug-likeness (QED) is 0.851. The van der Waals surface area contributed by atoms with Gasteiger partial charge in [0, 0.05) is 26.0 Å². The third-order valence-corrected chi connectivity index (χ3v) is 4.07. The Kier molecular flexibility index (Phi) is 5.03. The number of carbonyl (C=O) groups excluding carboxylic acids is 1. The number of fused-ring (bicyclic) bond motifs is 1. The van der Waals surface area contributed by atoms with Crippen LogP contribution in [0.3, 0.4) is 0 Å². The lowest BCUT2D eigenvalue weighted by atomic mass is 10.0. The minimum absolute atomic E-state index is 0.111. The number of benzene rings is 2. The second-order valence-electron chi connectivity index (χ2n) is 5.80. The van der Waals surface area contributed by atoms with Crippen LogP contribution >= 0.6 is 0 Å². The molecule has 1 atom stereocenters. The van der Waals surface area contributed by atoms with Crippen LogP contribution in [0, 0.1) is 0 Å². The topological polar surface area (TPSA) is 32.8 Å². The zero-order chi connectivity index (χ0) is 16.3. The summed E-state index contributed by atoms with van der Waals surface area (Å²) >= 11 is 0. The lowest BCUT2D eigenvalue weighted by molar-refractivity contribution is -0.133. The molecule has 0 unspecified atom stereocenters. The monoisotopic (exact) mass is 300 g/mol. The van der Waals surface area contributed by atoms with Gasteiger partial charge in [-0.2, -0.15) is 0 Å². The molecule has 4 nitrogen and oxygen atoms in total. The highest BCUT2D eigenvalue weighted by Gasteiger charge is 2.20. The van der Waals surface area contributed by atoms with Gasteiger partial charge in [0.05, 0.1) is 13.2 Å². The molecule has 0 aliphatic heterocycles. The van der Waals surface area contributed by atoms with E-state index in [4.69, 9.17) is 4.74 Å². The van der Waals surface area contributed by atoms with Crippen molar-refractivity contribution >= 4 is 16.7 Å². The largest absolute Gasteiger partial charge is 0.496 e. The summed E-state index contributed by atoms with van der Waals surface area (Å²) in [5.74, 6) is 0.986. The van der Waals surface area contributed by atoms with Gasteiger partial charge in [-0.05, 0) is 31.0 Å². The molecule has 22 heavy (non-hydrogen) atoms. The SMILES string of the molecule is COc1ccc(CN(C)[C@H](C)C(=O)N(C)C)c2ccccc12. The van der Waals surface area contributed by atoms with Gasteiger partial charge >= 0.3 is 0 Å². The first-order valence-corrected chi connectivity index (χ1v) is 7.41. The first-order chi connectivity index (χ1) is 10.5. The van der Waals surface area contributed by atoms with Gasteiger partial charge in [-0.25, -0.2) is 0 Å². The van der Waals surface area contributed by atoms with Gasteiger partial charge in [0.2, 0.25) is 5.91 Å². The summed E-state index contributed by atoms with van der Waals surface area (Å²) < 4.78 is 5.43. The van der Waals surface area contributed by atoms with E-state index in [1.165, 1.54) is 10.9 Å². The van der Waals surface area contributed by atoms with Crippen molar-refractivity contribution in [1.29, 1.82) is 0 Å². The standard InChI is InChI=1S/C18H24N2O2/c1-13(18(21)19(2)3)20(4)12-14-10-11-17(22-5)16-9-7-6-8-15(14)16/h6-11,13H,12H2,1-5H3/t13-/m1/s1. The fourth-order valence-electron chi connectivity index (χ4n) is 2.62. The highest BCUT2D eigenvalue weighted by Crippen LogP contribution is 2.29. The van der Waals surface area contributed by atoms with Crippen molar-refractivity contribution in [2.75, 3.05) is 28.3 Å². The van der Waals surface area contributed by atoms with Crippen molar-refractivity contribution in [1.82, 2.24) is 9.80 Å². The van der Waals surface area contributed by atoms with E-state index < -0.39 is 0 Å². The lowest BCUT2D eigenvalue weighted by Gasteiger charge is -2.27. The summed E-state index contributed by atoms with van der Waals surface area (Å²) in [6.45, 7) is 2.65. The van der Waals surface area contributed by atoms with Gasteiger partial charge in [0.25, 0.3) is 0 Å². The van der Waals surface area contributed by atoms with Crippen molar-refractivity contribution < 1.29 is 9.53 Å². The Morgan fingerprint density at radius 2 is 1.73 bits per heavy atom. The molecule has 0 N–H and O–H groups in total. The second-order valence-corrected chi connectivity index (χ2v) is 5.80. The predicted octanol–water partition coefficient (Wildman–Crippen LogP) is 2.76. The zero-order valence-corrected chi connectivity index (χ0v) is 14.0. The predicted molar refractivity (Wildman–Crippen MR) is 90.1 cm³/mol. The molecule has 0 bridgehead atoms. The maximum absolute atomic E-state index is 12.1. The third kappa shape index (κ3) is 3.22. The second kappa shape index (κ2) is 6.79. The van der Waals surface area contributed by atoms with Crippen LogP contribution in [0.15, 0.2) is 36.4 Å². The number of carbonyl (C=O) groups is 1. The van der Waals surface area contributed by atoms with Crippen molar-refractivity contribution in [3.63, 3.8) is 0 Å². The molecule has 2 aromatic rings. The van der Waals surface area contributed by atoms with E-state index in [2.05, 4.69) is 23.1 Å². The van der Waals surface area contributed by atoms with Gasteiger partial charge in [0.15, 0.2) is 0 Å². The van der Waals surface area contributed by atoms with E-state index in [1.807, 2.05) is 32.2 Å². The normalized spacial score (nSPS) is 12.5. The number of hydrogen-bond acceptors (Lipinski definition) is 3. The van der Waals surface area contributed by atoms with Crippen molar-refractivity contribution in [2.45, 2.75) is 19.5 Å². The third-order valence-electron chi connectivity index (χ3n) is 4.07. The summed E-state index contributed by atoms with van der Waals surface area (Å²) in [5, 5.41) is 2.26. The van der Waals surface area contributed by atoms with Crippen LogP contribution in [0.5, 0.6) is 5.75 Å². The first-order valence-electron chi connectivity index (χ1n) is 7.41. The number of amides is 1. The highest BCUT2D eigenvalue weighted by atomic mass is 16.5. The molecular formula is C18H24N2O2. The summed E-state index contributed by atoms with van der Waals surface area (Å²) in [6, 6.07) is 12.1. The van der Waals surface area contributed by atoms with Crippen molar-refractivity contribution in [3.05, 3.63) is 42.0 Å². The summed E-state index contributed by atoms with van der Waals surface area (Å²) in [7, 11) is 7.24. The maximum atomic E-state index is 12.1. The average Bonchev–Trinajstić information content (AvgIpc) is 2.53. The van der Waals surface area contributed by atoms with Gasteiger partial charge in [-0.3, -0.25) is 9.69 Å². The molecule has 0 spiro atoms. The maximum Gasteiger partial charge on any atom is 0.239 e. The van der Waals surface area contributed by atoms with Gasteiger partial charge in [-0.15, -0.1) is 0 Å². The van der Waals surface area contributed by atoms with Gasteiger partial charge in [0.1, 0.15) is 5.75 Å². The molecule has 0 fully saturated rings. The van der Waals surface area contributed by atoms with Crippen LogP contribution in [-0.2, 0) is 11.3 Å². The Balaban J connectivity index is 2.30. The van der Waals surface area contributed by atoms with Crippen LogP contribution < -0.4 is 4.74 Å². The Labute approximate surface area is 132 Å². The van der Waals surface area contributed by atoms with Gasteiger partial charge in [-0.1, -0.05) is 30.3 Å². The smallest absolute Gasteiger partial charge is 0.239 e. The van der Waals surface area contributed by atoms with Crippen LogP contribution in [0.1, 0.15) is 12.5 Å². The van der Waals surface area contributed by atoms with E-state index >= 15 is 0 Å². The number of methoxy groups -OCH3 is 1. The Morgan fingerprint density at radius 3 is 2.32 bits per heavy atom. The van der Waals surface area contributed by atoms with Crippen molar-refractivity contribution in [2.24, 2.45) is 0 Å². The Morgan fingerprint density at radius 1 is 1.09 bits per heavy atom. The Hall–Kier alpha value is -2.07. The molecule has 0 heterocycles. The number of likely N-dealkylation sites (N-methyl/N-ethyl adjacent to an activating group) is 2. The molecule has 0 saturated heterocycles. The molecule has 0 aromatic heterocycles. The zero-order valence-electron chi connectivity index (χ0n) is 14.0. The highest BCUT2D eigenvalue weighted by molar-refractivity contribution is 5.91. The van der Waals surface area contributed by atoms with Crippen molar-refractivity contribution in [3.8, 4) is 5.75 Å². The number of ether oxygens (including phenoxy) is 1. The first kappa shape index (κ1) is 16.3. The molecule has 2 aromatic carbocycles. The fraction of sp³-hybridized carbons (Fsp3) is 0.389. The molecule has 0 radical (unpaired) electrons. The van der Waals surface area contributed by atoms with Gasteiger partial charge < -0.3 is 9.64 Å². The minimum Gasteiger partial charge on any atom is -0.496 e. The van der Waals surface area contributed by atoms with Crippen LogP contribution in [0.25, 0.3) is 10.8 Å². The fourth-order valence-corrected chi connectivity index (χ4v) is 2.62. The molecule has 118 valence electrons. The van der Waals surface area contributed by atoms with E-state index in [0.29, 0.717) is 6.54 Å². The molecule has 0 aliphatic rings. The molecule has 0 aliphatic carbocycles. The van der Waals surface area contributed by atoms with E-state index in [1.54, 1.807) is 26.1 Å². The van der Waals surface area contributed by atoms with Crippen LogP contribution in [-0.4, -0.2) is 50.0 Å². The van der Waals surface area contributed by atoms with Crippen LogP contribution in [0.2, 0.25) is 0 Å². The average molecular weight is 300 g/mol. The molecule has 2 rings (SSSR count). The lowest BCUT2D eigenvalue weighted by Crippen LogP contribution is -2.42. The molecular weight excluding hydrogens is 276 g/mol. The van der Waals surface area contributed by atoms with E-state index in [9.17, 15) is 4.79 Å². The molecule has 0 saturated carbocycles. The summed E-state index contributed by atoms with van der Waals surface area (Å²) in [5.41, 5.74) is 1.19. The number of nitrogens with zero attached hydrogens (tertiary/aromatic N) is 2. The van der Waals surface area contributed by atoms with E-state index in [-0.39, 0.29) is 11.9 Å².